The van der Waals surface area contributed by atoms with Gasteiger partial charge in [0, 0.05) is 6.04 Å². The summed E-state index contributed by atoms with van der Waals surface area (Å²) in [7, 11) is 0. The third kappa shape index (κ3) is 2.94. The van der Waals surface area contributed by atoms with Gasteiger partial charge in [0.05, 0.1) is 11.9 Å². The van der Waals surface area contributed by atoms with Crippen LogP contribution >= 0.6 is 0 Å². The molecule has 1 N–H and O–H groups in total. The van der Waals surface area contributed by atoms with E-state index in [-0.39, 0.29) is 0 Å². The molecule has 5 heteroatoms. The molecule has 18 heavy (non-hydrogen) atoms. The molecular weight excluding hydrogens is 241 g/mol. The van der Waals surface area contributed by atoms with Crippen LogP contribution in [0.1, 0.15) is 38.3 Å². The summed E-state index contributed by atoms with van der Waals surface area (Å²) in [4.78, 5) is 3.46. The molecule has 1 aromatic rings. The summed E-state index contributed by atoms with van der Waals surface area (Å²) in [5.41, 5.74) is -0.167. The lowest BCUT2D eigenvalue weighted by Crippen LogP contribution is -2.23. The van der Waals surface area contributed by atoms with Crippen LogP contribution in [0, 0.1) is 5.92 Å². The van der Waals surface area contributed by atoms with Crippen molar-refractivity contribution < 1.29 is 13.2 Å². The Morgan fingerprint density at radius 3 is 2.67 bits per heavy atom. The summed E-state index contributed by atoms with van der Waals surface area (Å²) in [5.74, 6) is 0.618. The van der Waals surface area contributed by atoms with E-state index in [0.717, 1.165) is 18.9 Å². The largest absolute Gasteiger partial charge is 0.433 e. The van der Waals surface area contributed by atoms with Gasteiger partial charge in [-0.15, -0.1) is 0 Å². The first-order valence-electron chi connectivity index (χ1n) is 6.30. The molecule has 2 nitrogen and oxygen atoms in total. The normalized spacial score (nSPS) is 24.2. The van der Waals surface area contributed by atoms with Crippen molar-refractivity contribution in [3.8, 4) is 0 Å². The smallest absolute Gasteiger partial charge is 0.381 e. The van der Waals surface area contributed by atoms with Gasteiger partial charge in [-0.1, -0.05) is 19.8 Å². The molecule has 0 bridgehead atoms. The van der Waals surface area contributed by atoms with Gasteiger partial charge in [-0.2, -0.15) is 13.2 Å². The maximum absolute atomic E-state index is 12.4. The lowest BCUT2D eigenvalue weighted by atomic mass is 10.0. The molecule has 0 saturated heterocycles. The number of rotatable bonds is 3. The van der Waals surface area contributed by atoms with Crippen LogP contribution in [0.2, 0.25) is 0 Å². The Bertz CT molecular complexity index is 386. The second kappa shape index (κ2) is 5.16. The van der Waals surface area contributed by atoms with Gasteiger partial charge in [-0.3, -0.25) is 0 Å². The molecule has 1 aliphatic carbocycles. The summed E-state index contributed by atoms with van der Waals surface area (Å²) in [6, 6.07) is 2.85. The zero-order valence-electron chi connectivity index (χ0n) is 10.3. The van der Waals surface area contributed by atoms with Crippen molar-refractivity contribution in [2.24, 2.45) is 5.92 Å². The standard InChI is InChI=1S/C13H17F3N2/c1-2-9-4-3-5-11(9)18-10-6-7-12(17-8-10)13(14,15)16/h6-9,11,18H,2-5H2,1H3. The molecule has 1 fully saturated rings. The van der Waals surface area contributed by atoms with E-state index in [1.807, 2.05) is 0 Å². The number of anilines is 1. The van der Waals surface area contributed by atoms with Crippen LogP contribution in [-0.4, -0.2) is 11.0 Å². The molecule has 2 unspecified atom stereocenters. The molecule has 0 radical (unpaired) electrons. The van der Waals surface area contributed by atoms with Gasteiger partial charge in [-0.05, 0) is 30.9 Å². The van der Waals surface area contributed by atoms with Gasteiger partial charge in [0.25, 0.3) is 0 Å². The molecule has 1 aliphatic rings. The van der Waals surface area contributed by atoms with Gasteiger partial charge < -0.3 is 5.32 Å². The molecule has 100 valence electrons. The summed E-state index contributed by atoms with van der Waals surface area (Å²) < 4.78 is 37.1. The first-order chi connectivity index (χ1) is 8.50. The Kier molecular flexibility index (Phi) is 3.78. The minimum atomic E-state index is -4.36. The lowest BCUT2D eigenvalue weighted by molar-refractivity contribution is -0.141. The van der Waals surface area contributed by atoms with Crippen LogP contribution in [0.3, 0.4) is 0 Å². The van der Waals surface area contributed by atoms with E-state index in [9.17, 15) is 13.2 Å². The summed E-state index contributed by atoms with van der Waals surface area (Å²) >= 11 is 0. The summed E-state index contributed by atoms with van der Waals surface area (Å²) in [6.07, 6.45) is 1.48. The van der Waals surface area contributed by atoms with Crippen molar-refractivity contribution in [3.05, 3.63) is 24.0 Å². The molecule has 0 amide bonds. The minimum Gasteiger partial charge on any atom is -0.381 e. The molecule has 1 saturated carbocycles. The molecular formula is C13H17F3N2. The summed E-state index contributed by atoms with van der Waals surface area (Å²) in [6.45, 7) is 2.15. The first kappa shape index (κ1) is 13.2. The van der Waals surface area contributed by atoms with Crippen LogP contribution in [0.5, 0.6) is 0 Å². The van der Waals surface area contributed by atoms with E-state index in [0.29, 0.717) is 17.6 Å². The van der Waals surface area contributed by atoms with Gasteiger partial charge >= 0.3 is 6.18 Å². The number of nitrogens with zero attached hydrogens (tertiary/aromatic N) is 1. The van der Waals surface area contributed by atoms with E-state index in [4.69, 9.17) is 0 Å². The highest BCUT2D eigenvalue weighted by Gasteiger charge is 2.32. The maximum Gasteiger partial charge on any atom is 0.433 e. The highest BCUT2D eigenvalue weighted by Crippen LogP contribution is 2.31. The fourth-order valence-electron chi connectivity index (χ4n) is 2.58. The predicted octanol–water partition coefficient (Wildman–Crippen LogP) is 4.09. The van der Waals surface area contributed by atoms with Crippen molar-refractivity contribution >= 4 is 5.69 Å². The number of halogens is 3. The Morgan fingerprint density at radius 1 is 1.33 bits per heavy atom. The second-order valence-electron chi connectivity index (χ2n) is 4.78. The van der Waals surface area contributed by atoms with Crippen molar-refractivity contribution in [2.45, 2.75) is 44.8 Å². The van der Waals surface area contributed by atoms with Crippen LogP contribution in [0.15, 0.2) is 18.3 Å². The van der Waals surface area contributed by atoms with E-state index in [2.05, 4.69) is 17.2 Å². The minimum absolute atomic E-state index is 0.369. The van der Waals surface area contributed by atoms with Crippen LogP contribution < -0.4 is 5.32 Å². The van der Waals surface area contributed by atoms with Crippen molar-refractivity contribution in [1.82, 2.24) is 4.98 Å². The highest BCUT2D eigenvalue weighted by atomic mass is 19.4. The van der Waals surface area contributed by atoms with Crippen molar-refractivity contribution in [1.29, 1.82) is 0 Å². The molecule has 2 rings (SSSR count). The maximum atomic E-state index is 12.4. The average molecular weight is 258 g/mol. The van der Waals surface area contributed by atoms with Gasteiger partial charge in [0.2, 0.25) is 0 Å². The number of hydrogen-bond donors (Lipinski definition) is 1. The van der Waals surface area contributed by atoms with Gasteiger partial charge in [-0.25, -0.2) is 4.98 Å². The average Bonchev–Trinajstić information content (AvgIpc) is 2.76. The number of nitrogens with one attached hydrogen (secondary N) is 1. The monoisotopic (exact) mass is 258 g/mol. The van der Waals surface area contributed by atoms with Gasteiger partial charge in [0.15, 0.2) is 0 Å². The predicted molar refractivity (Wildman–Crippen MR) is 64.3 cm³/mol. The highest BCUT2D eigenvalue weighted by molar-refractivity contribution is 5.42. The third-order valence-electron chi connectivity index (χ3n) is 3.59. The van der Waals surface area contributed by atoms with Gasteiger partial charge in [0.1, 0.15) is 5.69 Å². The second-order valence-corrected chi connectivity index (χ2v) is 4.78. The number of hydrogen-bond acceptors (Lipinski definition) is 2. The van der Waals surface area contributed by atoms with E-state index < -0.39 is 11.9 Å². The zero-order valence-corrected chi connectivity index (χ0v) is 10.3. The van der Waals surface area contributed by atoms with Crippen LogP contribution in [0.4, 0.5) is 18.9 Å². The van der Waals surface area contributed by atoms with E-state index in [1.165, 1.54) is 25.1 Å². The number of pyridine rings is 1. The molecule has 1 heterocycles. The number of aromatic nitrogens is 1. The number of alkyl halides is 3. The van der Waals surface area contributed by atoms with E-state index in [1.54, 1.807) is 0 Å². The Morgan fingerprint density at radius 2 is 2.11 bits per heavy atom. The molecule has 0 aliphatic heterocycles. The zero-order chi connectivity index (χ0) is 13.2. The lowest BCUT2D eigenvalue weighted by Gasteiger charge is -2.20. The van der Waals surface area contributed by atoms with E-state index >= 15 is 0 Å². The molecule has 0 spiro atoms. The van der Waals surface area contributed by atoms with Crippen molar-refractivity contribution in [3.63, 3.8) is 0 Å². The SMILES string of the molecule is CCC1CCCC1Nc1ccc(C(F)(F)F)nc1. The molecule has 0 aromatic carbocycles. The molecule has 1 aromatic heterocycles. The van der Waals surface area contributed by atoms with Crippen LogP contribution in [0.25, 0.3) is 0 Å². The first-order valence-corrected chi connectivity index (χ1v) is 6.30. The quantitative estimate of drug-likeness (QED) is 0.883. The van der Waals surface area contributed by atoms with Crippen LogP contribution in [-0.2, 0) is 6.18 Å². The fourth-order valence-corrected chi connectivity index (χ4v) is 2.58. The third-order valence-corrected chi connectivity index (χ3v) is 3.59. The Balaban J connectivity index is 2.02. The molecule has 2 atom stereocenters. The summed E-state index contributed by atoms with van der Waals surface area (Å²) in [5, 5.41) is 3.29. The van der Waals surface area contributed by atoms with Crippen molar-refractivity contribution in [2.75, 3.05) is 5.32 Å². The Labute approximate surface area is 105 Å². The topological polar surface area (TPSA) is 24.9 Å². The Hall–Kier alpha value is -1.26. The fraction of sp³-hybridized carbons (Fsp3) is 0.615.